The second-order valence-corrected chi connectivity index (χ2v) is 7.07. The predicted molar refractivity (Wildman–Crippen MR) is 94.6 cm³/mol. The Hall–Kier alpha value is -2.61. The first-order chi connectivity index (χ1) is 13.1. The second-order valence-electron chi connectivity index (χ2n) is 7.07. The number of benzene rings is 1. The van der Waals surface area contributed by atoms with Crippen molar-refractivity contribution in [1.29, 1.82) is 0 Å². The molecule has 3 amide bonds. The molecule has 27 heavy (non-hydrogen) atoms. The first-order valence-electron chi connectivity index (χ1n) is 9.25. The summed E-state index contributed by atoms with van der Waals surface area (Å²) in [6.07, 6.45) is -0.233. The zero-order chi connectivity index (χ0) is 18.8. The zero-order valence-corrected chi connectivity index (χ0v) is 15.1. The van der Waals surface area contributed by atoms with Crippen LogP contribution in [0.5, 0.6) is 0 Å². The molecule has 0 spiro atoms. The molecule has 1 atom stereocenters. The topological polar surface area (TPSA) is 79.4 Å². The van der Waals surface area contributed by atoms with Gasteiger partial charge in [0.2, 0.25) is 11.8 Å². The fraction of sp³-hybridized carbons (Fsp3) is 0.526. The summed E-state index contributed by atoms with van der Waals surface area (Å²) in [5.41, 5.74) is 2.34. The van der Waals surface area contributed by atoms with Crippen LogP contribution in [0.25, 0.3) is 0 Å². The van der Waals surface area contributed by atoms with Crippen molar-refractivity contribution in [3.05, 3.63) is 35.4 Å². The Labute approximate surface area is 157 Å². The lowest BCUT2D eigenvalue weighted by atomic mass is 10.1. The number of hydrogen-bond donors (Lipinski definition) is 0. The number of amides is 3. The van der Waals surface area contributed by atoms with Crippen molar-refractivity contribution >= 4 is 17.9 Å². The Bertz CT molecular complexity index is 728. The summed E-state index contributed by atoms with van der Waals surface area (Å²) in [7, 11) is 0. The van der Waals surface area contributed by atoms with E-state index >= 15 is 0 Å². The Morgan fingerprint density at radius 2 is 1.78 bits per heavy atom. The molecule has 1 aromatic carbocycles. The molecule has 0 N–H and O–H groups in total. The van der Waals surface area contributed by atoms with Gasteiger partial charge in [0.15, 0.2) is 0 Å². The van der Waals surface area contributed by atoms with Gasteiger partial charge in [-0.1, -0.05) is 24.3 Å². The van der Waals surface area contributed by atoms with Gasteiger partial charge in [-0.2, -0.15) is 0 Å². The van der Waals surface area contributed by atoms with Gasteiger partial charge in [0.1, 0.15) is 13.2 Å². The molecule has 144 valence electrons. The van der Waals surface area contributed by atoms with Crippen molar-refractivity contribution in [2.24, 2.45) is 0 Å². The van der Waals surface area contributed by atoms with Gasteiger partial charge in [0.05, 0.1) is 25.8 Å². The molecule has 0 saturated carbocycles. The number of carbonyl (C=O) groups is 3. The minimum atomic E-state index is -0.459. The SMILES string of the molecule is O=C(C[C@@H]1COCCN1C(=O)CN1CCOC1=O)N1Cc2ccccc2C1. The molecule has 1 aromatic rings. The average molecular weight is 373 g/mol. The zero-order valence-electron chi connectivity index (χ0n) is 15.1. The second kappa shape index (κ2) is 7.56. The fourth-order valence-electron chi connectivity index (χ4n) is 3.82. The van der Waals surface area contributed by atoms with Gasteiger partial charge in [-0.15, -0.1) is 0 Å². The van der Waals surface area contributed by atoms with Crippen molar-refractivity contribution in [3.8, 4) is 0 Å². The van der Waals surface area contributed by atoms with Gasteiger partial charge in [0.25, 0.3) is 0 Å². The summed E-state index contributed by atoms with van der Waals surface area (Å²) in [6.45, 7) is 3.14. The van der Waals surface area contributed by atoms with E-state index in [9.17, 15) is 14.4 Å². The van der Waals surface area contributed by atoms with Gasteiger partial charge >= 0.3 is 6.09 Å². The Morgan fingerprint density at radius 1 is 1.04 bits per heavy atom. The van der Waals surface area contributed by atoms with E-state index in [2.05, 4.69) is 0 Å². The molecule has 2 saturated heterocycles. The van der Waals surface area contributed by atoms with Crippen molar-refractivity contribution in [2.45, 2.75) is 25.6 Å². The molecule has 0 unspecified atom stereocenters. The van der Waals surface area contributed by atoms with E-state index in [1.807, 2.05) is 29.2 Å². The first-order valence-corrected chi connectivity index (χ1v) is 9.25. The maximum atomic E-state index is 12.8. The molecule has 2 fully saturated rings. The third kappa shape index (κ3) is 3.75. The molecule has 3 heterocycles. The van der Waals surface area contributed by atoms with E-state index in [4.69, 9.17) is 9.47 Å². The van der Waals surface area contributed by atoms with E-state index in [0.717, 1.165) is 0 Å². The maximum absolute atomic E-state index is 12.8. The molecular weight excluding hydrogens is 350 g/mol. The van der Waals surface area contributed by atoms with E-state index in [-0.39, 0.29) is 30.8 Å². The van der Waals surface area contributed by atoms with Crippen LogP contribution in [0.3, 0.4) is 0 Å². The van der Waals surface area contributed by atoms with Crippen LogP contribution in [0.4, 0.5) is 4.79 Å². The van der Waals surface area contributed by atoms with Gasteiger partial charge in [-0.05, 0) is 11.1 Å². The Kier molecular flexibility index (Phi) is 4.98. The highest BCUT2D eigenvalue weighted by molar-refractivity contribution is 5.84. The molecular formula is C19H23N3O5. The number of carbonyl (C=O) groups excluding carboxylic acids is 3. The van der Waals surface area contributed by atoms with Crippen LogP contribution in [0.15, 0.2) is 24.3 Å². The highest BCUT2D eigenvalue weighted by Gasteiger charge is 2.34. The van der Waals surface area contributed by atoms with Crippen LogP contribution >= 0.6 is 0 Å². The predicted octanol–water partition coefficient (Wildman–Crippen LogP) is 0.599. The molecule has 8 heteroatoms. The number of fused-ring (bicyclic) bond motifs is 1. The maximum Gasteiger partial charge on any atom is 0.410 e. The summed E-state index contributed by atoms with van der Waals surface area (Å²) in [5.74, 6) is -0.153. The normalized spacial score (nSPS) is 22.0. The minimum absolute atomic E-state index is 0.0140. The fourth-order valence-corrected chi connectivity index (χ4v) is 3.82. The van der Waals surface area contributed by atoms with Gasteiger partial charge in [-0.25, -0.2) is 4.79 Å². The molecule has 4 rings (SSSR count). The van der Waals surface area contributed by atoms with E-state index in [0.29, 0.717) is 46.0 Å². The minimum Gasteiger partial charge on any atom is -0.448 e. The van der Waals surface area contributed by atoms with E-state index in [1.54, 1.807) is 4.90 Å². The van der Waals surface area contributed by atoms with Crippen molar-refractivity contribution < 1.29 is 23.9 Å². The Balaban J connectivity index is 1.37. The molecule has 3 aliphatic heterocycles. The monoisotopic (exact) mass is 373 g/mol. The molecule has 0 aliphatic carbocycles. The quantitative estimate of drug-likeness (QED) is 0.772. The number of hydrogen-bond acceptors (Lipinski definition) is 5. The van der Waals surface area contributed by atoms with Crippen LogP contribution in [-0.2, 0) is 32.2 Å². The van der Waals surface area contributed by atoms with Crippen LogP contribution in [0.1, 0.15) is 17.5 Å². The lowest BCUT2D eigenvalue weighted by Crippen LogP contribution is -2.53. The van der Waals surface area contributed by atoms with Crippen molar-refractivity contribution in [2.75, 3.05) is 39.5 Å². The van der Waals surface area contributed by atoms with Crippen LogP contribution in [0.2, 0.25) is 0 Å². The number of nitrogens with zero attached hydrogens (tertiary/aromatic N) is 3. The highest BCUT2D eigenvalue weighted by atomic mass is 16.6. The molecule has 3 aliphatic rings. The number of cyclic esters (lactones) is 1. The smallest absolute Gasteiger partial charge is 0.410 e. The number of rotatable bonds is 4. The molecule has 8 nitrogen and oxygen atoms in total. The van der Waals surface area contributed by atoms with Crippen LogP contribution in [-0.4, -0.2) is 78.1 Å². The third-order valence-electron chi connectivity index (χ3n) is 5.32. The molecule has 0 radical (unpaired) electrons. The lowest BCUT2D eigenvalue weighted by molar-refractivity contribution is -0.144. The van der Waals surface area contributed by atoms with Crippen molar-refractivity contribution in [3.63, 3.8) is 0 Å². The number of morpholine rings is 1. The van der Waals surface area contributed by atoms with Crippen molar-refractivity contribution in [1.82, 2.24) is 14.7 Å². The Morgan fingerprint density at radius 3 is 2.44 bits per heavy atom. The standard InChI is InChI=1S/C19H23N3O5/c23-17(21-10-14-3-1-2-4-15(14)11-21)9-16-13-26-7-6-22(16)18(24)12-20-5-8-27-19(20)25/h1-4,16H,5-13H2/t16-/m1/s1. The highest BCUT2D eigenvalue weighted by Crippen LogP contribution is 2.24. The largest absolute Gasteiger partial charge is 0.448 e. The summed E-state index contributed by atoms with van der Waals surface area (Å²) in [6, 6.07) is 7.73. The molecule has 0 bridgehead atoms. The van der Waals surface area contributed by atoms with Crippen LogP contribution in [0, 0.1) is 0 Å². The average Bonchev–Trinajstić information content (AvgIpc) is 3.28. The van der Waals surface area contributed by atoms with Gasteiger partial charge in [-0.3, -0.25) is 14.5 Å². The van der Waals surface area contributed by atoms with Crippen LogP contribution < -0.4 is 0 Å². The third-order valence-corrected chi connectivity index (χ3v) is 5.32. The van der Waals surface area contributed by atoms with Gasteiger partial charge < -0.3 is 19.3 Å². The van der Waals surface area contributed by atoms with E-state index < -0.39 is 6.09 Å². The summed E-state index contributed by atoms with van der Waals surface area (Å²) < 4.78 is 10.4. The number of ether oxygens (including phenoxy) is 2. The summed E-state index contributed by atoms with van der Waals surface area (Å²) >= 11 is 0. The van der Waals surface area contributed by atoms with Gasteiger partial charge in [0, 0.05) is 26.1 Å². The first kappa shape index (κ1) is 17.8. The lowest BCUT2D eigenvalue weighted by Gasteiger charge is -2.36. The molecule has 0 aromatic heterocycles. The summed E-state index contributed by atoms with van der Waals surface area (Å²) in [5, 5.41) is 0. The van der Waals surface area contributed by atoms with E-state index in [1.165, 1.54) is 16.0 Å². The summed E-state index contributed by atoms with van der Waals surface area (Å²) in [4.78, 5) is 42.0.